The van der Waals surface area contributed by atoms with E-state index >= 15 is 0 Å². The van der Waals surface area contributed by atoms with Crippen LogP contribution in [0.5, 0.6) is 6.01 Å². The average Bonchev–Trinajstić information content (AvgIpc) is 3.15. The number of aryl methyl sites for hydroxylation is 1. The van der Waals surface area contributed by atoms with Crippen molar-refractivity contribution in [1.29, 1.82) is 0 Å². The van der Waals surface area contributed by atoms with Gasteiger partial charge in [0, 0.05) is 22.8 Å². The van der Waals surface area contributed by atoms with E-state index in [1.165, 1.54) is 4.68 Å². The molecule has 7 heteroatoms. The molecule has 28 heavy (non-hydrogen) atoms. The molecule has 6 nitrogen and oxygen atoms in total. The number of carbonyl (C=O) groups excluding carboxylic acids is 1. The number of hydrogen-bond acceptors (Lipinski definition) is 5. The van der Waals surface area contributed by atoms with Crippen molar-refractivity contribution in [2.24, 2.45) is 0 Å². The average molecular weight is 400 g/mol. The molecule has 3 aromatic rings. The van der Waals surface area contributed by atoms with Crippen LogP contribution in [0.15, 0.2) is 48.5 Å². The number of ether oxygens (including phenoxy) is 2. The molecule has 0 fully saturated rings. The first kappa shape index (κ1) is 20.0. The van der Waals surface area contributed by atoms with Crippen molar-refractivity contribution >= 4 is 17.5 Å². The quantitative estimate of drug-likeness (QED) is 0.529. The van der Waals surface area contributed by atoms with E-state index in [0.717, 1.165) is 12.0 Å². The van der Waals surface area contributed by atoms with Gasteiger partial charge in [-0.15, -0.1) is 5.10 Å². The van der Waals surface area contributed by atoms with Crippen molar-refractivity contribution in [3.8, 4) is 17.4 Å². The highest BCUT2D eigenvalue weighted by molar-refractivity contribution is 6.30. The van der Waals surface area contributed by atoms with Gasteiger partial charge in [0.2, 0.25) is 0 Å². The second-order valence-electron chi connectivity index (χ2n) is 6.04. The van der Waals surface area contributed by atoms with E-state index in [-0.39, 0.29) is 11.9 Å². The van der Waals surface area contributed by atoms with Gasteiger partial charge in [-0.25, -0.2) is 0 Å². The Kier molecular flexibility index (Phi) is 6.79. The Labute approximate surface area is 169 Å². The second kappa shape index (κ2) is 9.48. The van der Waals surface area contributed by atoms with Gasteiger partial charge in [-0.2, -0.15) is 9.67 Å². The Bertz CT molecular complexity index is 938. The Hall–Kier alpha value is -2.70. The summed E-state index contributed by atoms with van der Waals surface area (Å²) in [5.41, 5.74) is 2.36. The van der Waals surface area contributed by atoms with E-state index in [4.69, 9.17) is 21.1 Å². The number of nitrogens with zero attached hydrogens (tertiary/aromatic N) is 3. The van der Waals surface area contributed by atoms with Crippen molar-refractivity contribution in [1.82, 2.24) is 14.8 Å². The Morgan fingerprint density at radius 3 is 2.57 bits per heavy atom. The van der Waals surface area contributed by atoms with Crippen molar-refractivity contribution in [3.05, 3.63) is 64.7 Å². The number of hydrogen-bond donors (Lipinski definition) is 0. The normalized spacial score (nSPS) is 10.8. The first-order valence-corrected chi connectivity index (χ1v) is 9.57. The maximum Gasteiger partial charge on any atom is 0.336 e. The zero-order valence-corrected chi connectivity index (χ0v) is 16.6. The number of rotatable bonds is 8. The lowest BCUT2D eigenvalue weighted by molar-refractivity contribution is 0.0938. The summed E-state index contributed by atoms with van der Waals surface area (Å²) in [7, 11) is 0. The highest BCUT2D eigenvalue weighted by Gasteiger charge is 2.20. The molecule has 1 aromatic heterocycles. The molecule has 0 aliphatic heterocycles. The topological polar surface area (TPSA) is 66.2 Å². The van der Waals surface area contributed by atoms with Crippen LogP contribution in [-0.4, -0.2) is 40.5 Å². The number of benzene rings is 2. The van der Waals surface area contributed by atoms with Crippen molar-refractivity contribution in [3.63, 3.8) is 0 Å². The monoisotopic (exact) mass is 399 g/mol. The zero-order chi connectivity index (χ0) is 19.9. The lowest BCUT2D eigenvalue weighted by atomic mass is 10.1. The van der Waals surface area contributed by atoms with Gasteiger partial charge in [0.25, 0.3) is 5.91 Å². The summed E-state index contributed by atoms with van der Waals surface area (Å²) >= 11 is 6.11. The van der Waals surface area contributed by atoms with E-state index < -0.39 is 0 Å². The largest absolute Gasteiger partial charge is 0.460 e. The van der Waals surface area contributed by atoms with E-state index in [2.05, 4.69) is 17.0 Å². The maximum absolute atomic E-state index is 13.1. The smallest absolute Gasteiger partial charge is 0.336 e. The van der Waals surface area contributed by atoms with Crippen LogP contribution in [0, 0.1) is 0 Å². The van der Waals surface area contributed by atoms with E-state index in [0.29, 0.717) is 41.8 Å². The fourth-order valence-electron chi connectivity index (χ4n) is 2.65. The molecule has 0 radical (unpaired) electrons. The van der Waals surface area contributed by atoms with Crippen molar-refractivity contribution < 1.29 is 14.3 Å². The van der Waals surface area contributed by atoms with Crippen molar-refractivity contribution in [2.75, 3.05) is 19.8 Å². The molecule has 0 saturated heterocycles. The van der Waals surface area contributed by atoms with Gasteiger partial charge in [-0.1, -0.05) is 42.8 Å². The molecule has 0 bridgehead atoms. The molecule has 0 spiro atoms. The summed E-state index contributed by atoms with van der Waals surface area (Å²) in [5.74, 6) is 0.0864. The summed E-state index contributed by atoms with van der Waals surface area (Å²) in [5, 5.41) is 4.81. The van der Waals surface area contributed by atoms with Crippen LogP contribution in [0.25, 0.3) is 11.4 Å². The van der Waals surface area contributed by atoms with Gasteiger partial charge in [0.15, 0.2) is 5.82 Å². The Morgan fingerprint density at radius 1 is 1.11 bits per heavy atom. The minimum Gasteiger partial charge on any atom is -0.460 e. The maximum atomic E-state index is 13.1. The third-order valence-corrected chi connectivity index (χ3v) is 4.37. The lowest BCUT2D eigenvalue weighted by Crippen LogP contribution is -2.15. The highest BCUT2D eigenvalue weighted by Crippen LogP contribution is 2.24. The third-order valence-electron chi connectivity index (χ3n) is 4.13. The summed E-state index contributed by atoms with van der Waals surface area (Å²) < 4.78 is 12.1. The molecule has 2 aromatic carbocycles. The van der Waals surface area contributed by atoms with E-state index in [1.807, 2.05) is 25.1 Å². The van der Waals surface area contributed by atoms with Crippen LogP contribution in [-0.2, 0) is 11.2 Å². The number of carbonyl (C=O) groups is 1. The van der Waals surface area contributed by atoms with Crippen molar-refractivity contribution in [2.45, 2.75) is 20.3 Å². The molecule has 0 atom stereocenters. The van der Waals surface area contributed by atoms with Gasteiger partial charge in [-0.05, 0) is 43.2 Å². The molecule has 0 saturated carbocycles. The van der Waals surface area contributed by atoms with Gasteiger partial charge < -0.3 is 9.47 Å². The van der Waals surface area contributed by atoms with Gasteiger partial charge in [-0.3, -0.25) is 4.79 Å². The van der Waals surface area contributed by atoms with Crippen LogP contribution in [0.4, 0.5) is 0 Å². The third kappa shape index (κ3) is 4.77. The predicted molar refractivity (Wildman–Crippen MR) is 108 cm³/mol. The Balaban J connectivity index is 1.94. The molecule has 146 valence electrons. The van der Waals surface area contributed by atoms with Crippen LogP contribution in [0.3, 0.4) is 0 Å². The molecule has 3 rings (SSSR count). The Morgan fingerprint density at radius 2 is 1.89 bits per heavy atom. The predicted octanol–water partition coefficient (Wildman–Crippen LogP) is 4.26. The molecule has 0 amide bonds. The molecular formula is C21H22ClN3O3. The molecule has 0 aliphatic carbocycles. The standard InChI is InChI=1S/C21H22ClN3O3/c1-3-15-8-10-16(11-9-15)20(26)25-19(17-6-5-7-18(22)14-17)23-21(24-25)28-13-12-27-4-2/h5-11,14H,3-4,12-13H2,1-2H3. The first-order chi connectivity index (χ1) is 13.6. The van der Waals surface area contributed by atoms with E-state index in [9.17, 15) is 4.79 Å². The fraction of sp³-hybridized carbons (Fsp3) is 0.286. The summed E-state index contributed by atoms with van der Waals surface area (Å²) in [6, 6.07) is 14.7. The summed E-state index contributed by atoms with van der Waals surface area (Å²) in [4.78, 5) is 17.5. The van der Waals surface area contributed by atoms with Crippen LogP contribution in [0.1, 0.15) is 29.8 Å². The van der Waals surface area contributed by atoms with Crippen LogP contribution in [0.2, 0.25) is 5.02 Å². The molecule has 0 aliphatic rings. The number of halogens is 1. The van der Waals surface area contributed by atoms with Gasteiger partial charge >= 0.3 is 6.01 Å². The summed E-state index contributed by atoms with van der Waals surface area (Å²) in [6.45, 7) is 5.30. The van der Waals surface area contributed by atoms with Gasteiger partial charge in [0.05, 0.1) is 6.61 Å². The lowest BCUT2D eigenvalue weighted by Gasteiger charge is -2.06. The zero-order valence-electron chi connectivity index (χ0n) is 15.9. The summed E-state index contributed by atoms with van der Waals surface area (Å²) in [6.07, 6.45) is 0.906. The highest BCUT2D eigenvalue weighted by atomic mass is 35.5. The van der Waals surface area contributed by atoms with Gasteiger partial charge in [0.1, 0.15) is 6.61 Å². The molecular weight excluding hydrogens is 378 g/mol. The molecule has 0 unspecified atom stereocenters. The SMILES string of the molecule is CCOCCOc1nc(-c2cccc(Cl)c2)n(C(=O)c2ccc(CC)cc2)n1. The van der Waals surface area contributed by atoms with Crippen LogP contribution < -0.4 is 4.74 Å². The fourth-order valence-corrected chi connectivity index (χ4v) is 2.84. The minimum atomic E-state index is -0.287. The molecule has 0 N–H and O–H groups in total. The second-order valence-corrected chi connectivity index (χ2v) is 6.48. The van der Waals surface area contributed by atoms with Crippen LogP contribution >= 0.6 is 11.6 Å². The van der Waals surface area contributed by atoms with E-state index in [1.54, 1.807) is 30.3 Å². The minimum absolute atomic E-state index is 0.119. The first-order valence-electron chi connectivity index (χ1n) is 9.19. The molecule has 1 heterocycles. The number of aromatic nitrogens is 3.